The molecule has 0 radical (unpaired) electrons. The van der Waals surface area contributed by atoms with E-state index < -0.39 is 35.9 Å². The lowest BCUT2D eigenvalue weighted by molar-refractivity contribution is -0.119. The molecule has 1 saturated carbocycles. The van der Waals surface area contributed by atoms with Gasteiger partial charge < -0.3 is 15.5 Å². The molecule has 6 nitrogen and oxygen atoms in total. The largest absolute Gasteiger partial charge is 0.335 e. The molecule has 1 heterocycles. The summed E-state index contributed by atoms with van der Waals surface area (Å²) in [7, 11) is 1.55. The number of aliphatic imine (C=N–C) groups is 1. The van der Waals surface area contributed by atoms with Gasteiger partial charge in [0.05, 0.1) is 11.4 Å². The van der Waals surface area contributed by atoms with Crippen molar-refractivity contribution in [3.05, 3.63) is 65.5 Å². The van der Waals surface area contributed by atoms with Gasteiger partial charge in [0.2, 0.25) is 12.1 Å². The zero-order valence-corrected chi connectivity index (χ0v) is 17.4. The van der Waals surface area contributed by atoms with E-state index >= 15 is 0 Å². The lowest BCUT2D eigenvalue weighted by Gasteiger charge is -2.29. The van der Waals surface area contributed by atoms with Gasteiger partial charge in [0, 0.05) is 37.1 Å². The molecule has 2 N–H and O–H groups in total. The number of alkyl halides is 2. The lowest BCUT2D eigenvalue weighted by atomic mass is 9.92. The maximum atomic E-state index is 14.6. The molecule has 168 valence electrons. The van der Waals surface area contributed by atoms with Crippen LogP contribution in [0.2, 0.25) is 0 Å². The quantitative estimate of drug-likeness (QED) is 0.755. The Kier molecular flexibility index (Phi) is 5.90. The smallest absolute Gasteiger partial charge is 0.317 e. The molecule has 4 rings (SSSR count). The van der Waals surface area contributed by atoms with Gasteiger partial charge in [0.1, 0.15) is 5.82 Å². The van der Waals surface area contributed by atoms with Gasteiger partial charge in [-0.15, -0.1) is 0 Å². The fourth-order valence-corrected chi connectivity index (χ4v) is 4.02. The van der Waals surface area contributed by atoms with Crippen LogP contribution in [0.15, 0.2) is 53.5 Å². The number of nitrogens with zero attached hydrogens (tertiary/aromatic N) is 2. The number of rotatable bonds is 3. The Labute approximate surface area is 183 Å². The van der Waals surface area contributed by atoms with Crippen LogP contribution in [0.5, 0.6) is 0 Å². The number of halogens is 3. The minimum atomic E-state index is -2.71. The van der Waals surface area contributed by atoms with Gasteiger partial charge in [-0.1, -0.05) is 30.3 Å². The van der Waals surface area contributed by atoms with Crippen molar-refractivity contribution in [2.75, 3.05) is 11.9 Å². The third-order valence-corrected chi connectivity index (χ3v) is 5.79. The molecule has 32 heavy (non-hydrogen) atoms. The summed E-state index contributed by atoms with van der Waals surface area (Å²) in [5.41, 5.74) is 1.51. The van der Waals surface area contributed by atoms with Crippen LogP contribution in [0.3, 0.4) is 0 Å². The molecule has 1 fully saturated rings. The number of carbonyl (C=O) groups excluding carboxylic acids is 2. The number of hydrogen-bond donors (Lipinski definition) is 2. The molecule has 0 saturated heterocycles. The van der Waals surface area contributed by atoms with Crippen molar-refractivity contribution in [1.82, 2.24) is 10.6 Å². The van der Waals surface area contributed by atoms with E-state index in [0.717, 1.165) is 0 Å². The van der Waals surface area contributed by atoms with E-state index in [0.29, 0.717) is 11.3 Å². The maximum Gasteiger partial charge on any atom is 0.317 e. The van der Waals surface area contributed by atoms with Crippen molar-refractivity contribution >= 4 is 23.3 Å². The molecule has 1 atom stereocenters. The maximum absolute atomic E-state index is 14.6. The highest BCUT2D eigenvalue weighted by Crippen LogP contribution is 2.33. The second-order valence-corrected chi connectivity index (χ2v) is 8.02. The summed E-state index contributed by atoms with van der Waals surface area (Å²) >= 11 is 0. The number of anilines is 1. The third kappa shape index (κ3) is 4.46. The van der Waals surface area contributed by atoms with Crippen LogP contribution in [0.1, 0.15) is 36.8 Å². The lowest BCUT2D eigenvalue weighted by Crippen LogP contribution is -2.52. The van der Waals surface area contributed by atoms with E-state index in [4.69, 9.17) is 0 Å². The van der Waals surface area contributed by atoms with Crippen molar-refractivity contribution in [1.29, 1.82) is 0 Å². The summed E-state index contributed by atoms with van der Waals surface area (Å²) in [5, 5.41) is 5.17. The number of benzodiazepines with no additional fused rings is 1. The monoisotopic (exact) mass is 444 g/mol. The van der Waals surface area contributed by atoms with Crippen molar-refractivity contribution in [2.24, 2.45) is 4.99 Å². The van der Waals surface area contributed by atoms with E-state index in [-0.39, 0.29) is 37.0 Å². The van der Waals surface area contributed by atoms with Gasteiger partial charge in [-0.05, 0) is 31.0 Å². The zero-order valence-electron chi connectivity index (χ0n) is 17.4. The fourth-order valence-electron chi connectivity index (χ4n) is 4.02. The second-order valence-electron chi connectivity index (χ2n) is 8.02. The number of amides is 3. The van der Waals surface area contributed by atoms with Gasteiger partial charge in [-0.2, -0.15) is 0 Å². The number of fused-ring (bicyclic) bond motifs is 1. The molecule has 1 aliphatic heterocycles. The van der Waals surface area contributed by atoms with Crippen LogP contribution in [-0.4, -0.2) is 42.8 Å². The Morgan fingerprint density at radius 1 is 1.03 bits per heavy atom. The first kappa shape index (κ1) is 21.9. The molecule has 1 unspecified atom stereocenters. The Morgan fingerprint density at radius 2 is 1.66 bits per heavy atom. The number of hydrogen-bond acceptors (Lipinski definition) is 3. The molecule has 0 spiro atoms. The topological polar surface area (TPSA) is 73.8 Å². The van der Waals surface area contributed by atoms with Crippen LogP contribution in [-0.2, 0) is 4.79 Å². The number of para-hydroxylation sites is 1. The molecule has 9 heteroatoms. The normalized spacial score (nSPS) is 20.8. The summed E-state index contributed by atoms with van der Waals surface area (Å²) in [6.45, 7) is 0. The molecule has 0 bridgehead atoms. The summed E-state index contributed by atoms with van der Waals surface area (Å²) in [5.74, 6) is -3.72. The summed E-state index contributed by atoms with van der Waals surface area (Å²) < 4.78 is 41.4. The molecule has 1 aliphatic carbocycles. The number of likely N-dealkylation sites (N-methyl/N-ethyl adjacent to an activating group) is 1. The molecule has 3 amide bonds. The zero-order chi connectivity index (χ0) is 22.9. The van der Waals surface area contributed by atoms with Crippen molar-refractivity contribution in [2.45, 2.75) is 43.8 Å². The predicted molar refractivity (Wildman–Crippen MR) is 115 cm³/mol. The van der Waals surface area contributed by atoms with Crippen LogP contribution in [0.4, 0.5) is 23.7 Å². The van der Waals surface area contributed by atoms with E-state index in [1.165, 1.54) is 11.0 Å². The minimum absolute atomic E-state index is 0.147. The summed E-state index contributed by atoms with van der Waals surface area (Å²) in [4.78, 5) is 31.4. The van der Waals surface area contributed by atoms with Gasteiger partial charge in [-0.3, -0.25) is 4.79 Å². The first-order valence-corrected chi connectivity index (χ1v) is 10.4. The molecule has 2 aromatic carbocycles. The standard InChI is InChI=1S/C23H23F3N4O2/c1-30-18-9-5-3-7-16(18)19(15-6-2-4-8-17(15)24)28-20(21(30)31)29-22(32)27-14-10-12-23(25,26)13-11-14/h2-9,14,20H,10-13H2,1H3,(H2,27,29,32). The third-order valence-electron chi connectivity index (χ3n) is 5.79. The first-order valence-electron chi connectivity index (χ1n) is 10.4. The Balaban J connectivity index is 1.62. The Hall–Kier alpha value is -3.36. The molecule has 0 aromatic heterocycles. The Morgan fingerprint density at radius 3 is 2.34 bits per heavy atom. The van der Waals surface area contributed by atoms with Gasteiger partial charge in [0.15, 0.2) is 0 Å². The number of carbonyl (C=O) groups is 2. The predicted octanol–water partition coefficient (Wildman–Crippen LogP) is 3.84. The molecular weight excluding hydrogens is 421 g/mol. The van der Waals surface area contributed by atoms with Gasteiger partial charge in [0.25, 0.3) is 5.91 Å². The number of urea groups is 1. The average Bonchev–Trinajstić information content (AvgIpc) is 2.87. The van der Waals surface area contributed by atoms with E-state index in [9.17, 15) is 22.8 Å². The van der Waals surface area contributed by atoms with Crippen LogP contribution < -0.4 is 15.5 Å². The second kappa shape index (κ2) is 8.64. The van der Waals surface area contributed by atoms with E-state index in [1.54, 1.807) is 49.5 Å². The SMILES string of the molecule is CN1C(=O)C(NC(=O)NC2CCC(F)(F)CC2)N=C(c2ccccc2F)c2ccccc21. The highest BCUT2D eigenvalue weighted by atomic mass is 19.3. The van der Waals surface area contributed by atoms with Crippen LogP contribution in [0.25, 0.3) is 0 Å². The Bertz CT molecular complexity index is 1060. The molecule has 2 aromatic rings. The number of benzene rings is 2. The first-order chi connectivity index (χ1) is 15.2. The number of nitrogens with one attached hydrogen (secondary N) is 2. The molecular formula is C23H23F3N4O2. The van der Waals surface area contributed by atoms with Crippen molar-refractivity contribution in [3.8, 4) is 0 Å². The molecule has 2 aliphatic rings. The van der Waals surface area contributed by atoms with Crippen molar-refractivity contribution < 1.29 is 22.8 Å². The van der Waals surface area contributed by atoms with E-state index in [1.807, 2.05) is 0 Å². The van der Waals surface area contributed by atoms with Gasteiger partial charge >= 0.3 is 6.03 Å². The van der Waals surface area contributed by atoms with Crippen LogP contribution >= 0.6 is 0 Å². The van der Waals surface area contributed by atoms with E-state index in [2.05, 4.69) is 15.6 Å². The summed E-state index contributed by atoms with van der Waals surface area (Å²) in [6.07, 6.45) is -1.61. The fraction of sp³-hybridized carbons (Fsp3) is 0.348. The average molecular weight is 444 g/mol. The highest BCUT2D eigenvalue weighted by Gasteiger charge is 2.36. The summed E-state index contributed by atoms with van der Waals surface area (Å²) in [6, 6.07) is 11.9. The van der Waals surface area contributed by atoms with Crippen molar-refractivity contribution in [3.63, 3.8) is 0 Å². The highest BCUT2D eigenvalue weighted by molar-refractivity contribution is 6.20. The van der Waals surface area contributed by atoms with Gasteiger partial charge in [-0.25, -0.2) is 23.0 Å². The van der Waals surface area contributed by atoms with Crippen LogP contribution in [0, 0.1) is 5.82 Å². The minimum Gasteiger partial charge on any atom is -0.335 e.